The van der Waals surface area contributed by atoms with Crippen LogP contribution in [0.1, 0.15) is 0 Å². The molecule has 14 heavy (non-hydrogen) atoms. The summed E-state index contributed by atoms with van der Waals surface area (Å²) in [5, 5.41) is 6.24. The van der Waals surface area contributed by atoms with E-state index < -0.39 is 0 Å². The zero-order valence-electron chi connectivity index (χ0n) is 7.35. The zero-order valence-corrected chi connectivity index (χ0v) is 8.17. The molecule has 6 heteroatoms. The molecule has 2 aromatic rings. The van der Waals surface area contributed by atoms with Crippen molar-refractivity contribution < 1.29 is 4.42 Å². The van der Waals surface area contributed by atoms with Crippen molar-refractivity contribution in [3.8, 4) is 11.5 Å². The Morgan fingerprint density at radius 2 is 2.43 bits per heavy atom. The minimum Gasteiger partial charge on any atom is -0.409 e. The van der Waals surface area contributed by atoms with Crippen LogP contribution in [0, 0.1) is 4.84 Å². The van der Waals surface area contributed by atoms with Crippen molar-refractivity contribution in [2.24, 2.45) is 7.05 Å². The van der Waals surface area contributed by atoms with Crippen molar-refractivity contribution in [3.05, 3.63) is 33.5 Å². The average Bonchev–Trinajstić information content (AvgIpc) is 2.57. The third-order valence-corrected chi connectivity index (χ3v) is 1.97. The molecule has 0 saturated carbocycles. The molecule has 0 aliphatic carbocycles. The summed E-state index contributed by atoms with van der Waals surface area (Å²) in [7, 11) is 1.66. The minimum atomic E-state index is -0.169. The molecule has 0 aliphatic heterocycles. The molecule has 0 unspecified atom stereocenters. The number of hydrogen-bond donors (Lipinski definition) is 1. The molecule has 0 bridgehead atoms. The molecule has 0 aliphatic rings. The van der Waals surface area contributed by atoms with Gasteiger partial charge in [0.1, 0.15) is 5.56 Å². The first-order valence-electron chi connectivity index (χ1n) is 3.90. The van der Waals surface area contributed by atoms with Crippen molar-refractivity contribution in [2.45, 2.75) is 0 Å². The molecular formula is C8H7N3O2S. The minimum absolute atomic E-state index is 0.158. The molecule has 5 nitrogen and oxygen atoms in total. The number of nitrogens with one attached hydrogen (secondary N) is 1. The zero-order chi connectivity index (χ0) is 10.1. The third kappa shape index (κ3) is 1.39. The molecule has 0 atom stereocenters. The number of nitrogens with zero attached hydrogens (tertiary/aromatic N) is 2. The van der Waals surface area contributed by atoms with Crippen molar-refractivity contribution in [1.82, 2.24) is 14.8 Å². The number of aromatic nitrogens is 3. The van der Waals surface area contributed by atoms with Crippen molar-refractivity contribution in [3.63, 3.8) is 0 Å². The van der Waals surface area contributed by atoms with Gasteiger partial charge in [0.15, 0.2) is 0 Å². The normalized spacial score (nSPS) is 10.4. The predicted molar refractivity (Wildman–Crippen MR) is 52.4 cm³/mol. The molecule has 2 aromatic heterocycles. The average molecular weight is 209 g/mol. The number of rotatable bonds is 1. The summed E-state index contributed by atoms with van der Waals surface area (Å²) in [6.45, 7) is 0. The van der Waals surface area contributed by atoms with Gasteiger partial charge in [-0.3, -0.25) is 4.79 Å². The van der Waals surface area contributed by atoms with E-state index in [9.17, 15) is 4.79 Å². The van der Waals surface area contributed by atoms with Gasteiger partial charge in [-0.25, -0.2) is 5.10 Å². The van der Waals surface area contributed by atoms with E-state index in [2.05, 4.69) is 10.2 Å². The van der Waals surface area contributed by atoms with Crippen LogP contribution in [0.25, 0.3) is 11.5 Å². The molecular weight excluding hydrogens is 202 g/mol. The molecule has 0 amide bonds. The van der Waals surface area contributed by atoms with E-state index in [4.69, 9.17) is 16.6 Å². The first kappa shape index (κ1) is 8.89. The van der Waals surface area contributed by atoms with E-state index in [-0.39, 0.29) is 16.3 Å². The molecule has 2 rings (SSSR count). The van der Waals surface area contributed by atoms with Gasteiger partial charge < -0.3 is 8.98 Å². The highest BCUT2D eigenvalue weighted by atomic mass is 32.1. The predicted octanol–water partition coefficient (Wildman–Crippen LogP) is 1.10. The lowest BCUT2D eigenvalue weighted by Gasteiger charge is -1.97. The van der Waals surface area contributed by atoms with Crippen LogP contribution in [-0.2, 0) is 7.05 Å². The molecule has 2 heterocycles. The van der Waals surface area contributed by atoms with Crippen LogP contribution in [0.2, 0.25) is 0 Å². The Hall–Kier alpha value is -1.69. The van der Waals surface area contributed by atoms with Crippen LogP contribution < -0.4 is 5.56 Å². The number of aryl methyl sites for hydroxylation is 1. The van der Waals surface area contributed by atoms with Gasteiger partial charge in [-0.2, -0.15) is 0 Å². The van der Waals surface area contributed by atoms with E-state index in [1.807, 2.05) is 0 Å². The van der Waals surface area contributed by atoms with Crippen LogP contribution in [0.3, 0.4) is 0 Å². The van der Waals surface area contributed by atoms with E-state index in [1.54, 1.807) is 25.4 Å². The van der Waals surface area contributed by atoms with E-state index >= 15 is 0 Å². The molecule has 1 N–H and O–H groups in total. The smallest absolute Gasteiger partial charge is 0.284 e. The number of pyridine rings is 1. The Bertz CT molecular complexity index is 566. The standard InChI is InChI=1S/C8H7N3O2S/c1-11-4-2-3-5(7(11)12)6-9-10-8(14)13-6/h2-4H,1H3,(H,10,14). The van der Waals surface area contributed by atoms with Gasteiger partial charge in [0, 0.05) is 13.2 Å². The molecule has 0 radical (unpaired) electrons. The summed E-state index contributed by atoms with van der Waals surface area (Å²) in [5.74, 6) is 0.219. The van der Waals surface area contributed by atoms with E-state index in [0.717, 1.165) is 0 Å². The Morgan fingerprint density at radius 1 is 1.64 bits per heavy atom. The van der Waals surface area contributed by atoms with E-state index in [1.165, 1.54) is 4.57 Å². The fourth-order valence-corrected chi connectivity index (χ4v) is 1.23. The quantitative estimate of drug-likeness (QED) is 0.714. The summed E-state index contributed by atoms with van der Waals surface area (Å²) in [4.78, 5) is 11.8. The van der Waals surface area contributed by atoms with Gasteiger partial charge in [0.25, 0.3) is 16.3 Å². The second-order valence-corrected chi connectivity index (χ2v) is 3.13. The molecule has 0 aromatic carbocycles. The Morgan fingerprint density at radius 3 is 3.07 bits per heavy atom. The Labute approximate surface area is 84.0 Å². The fourth-order valence-electron chi connectivity index (χ4n) is 1.11. The lowest BCUT2D eigenvalue weighted by atomic mass is 10.3. The van der Waals surface area contributed by atoms with Gasteiger partial charge >= 0.3 is 0 Å². The van der Waals surface area contributed by atoms with Gasteiger partial charge in [0.2, 0.25) is 0 Å². The van der Waals surface area contributed by atoms with Crippen molar-refractivity contribution >= 4 is 12.2 Å². The largest absolute Gasteiger partial charge is 0.409 e. The summed E-state index contributed by atoms with van der Waals surface area (Å²) < 4.78 is 6.49. The number of H-pyrrole nitrogens is 1. The summed E-state index contributed by atoms with van der Waals surface area (Å²) >= 11 is 4.72. The van der Waals surface area contributed by atoms with Crippen LogP contribution in [0.15, 0.2) is 27.5 Å². The second-order valence-electron chi connectivity index (χ2n) is 2.76. The van der Waals surface area contributed by atoms with Crippen molar-refractivity contribution in [2.75, 3.05) is 0 Å². The highest BCUT2D eigenvalue weighted by molar-refractivity contribution is 7.71. The summed E-state index contributed by atoms with van der Waals surface area (Å²) in [6, 6.07) is 3.38. The molecule has 72 valence electrons. The second kappa shape index (κ2) is 3.22. The monoisotopic (exact) mass is 209 g/mol. The molecule has 0 spiro atoms. The maximum Gasteiger partial charge on any atom is 0.284 e. The highest BCUT2D eigenvalue weighted by Crippen LogP contribution is 2.10. The first-order valence-corrected chi connectivity index (χ1v) is 4.31. The fraction of sp³-hybridized carbons (Fsp3) is 0.125. The Balaban J connectivity index is 2.69. The summed E-state index contributed by atoms with van der Waals surface area (Å²) in [6.07, 6.45) is 1.66. The van der Waals surface area contributed by atoms with Crippen LogP contribution in [0.4, 0.5) is 0 Å². The highest BCUT2D eigenvalue weighted by Gasteiger charge is 2.08. The number of hydrogen-bond acceptors (Lipinski definition) is 4. The van der Waals surface area contributed by atoms with Gasteiger partial charge in [-0.15, -0.1) is 5.10 Å². The maximum atomic E-state index is 11.6. The third-order valence-electron chi connectivity index (χ3n) is 1.79. The van der Waals surface area contributed by atoms with Gasteiger partial charge in [0.05, 0.1) is 0 Å². The SMILES string of the molecule is Cn1cccc(-c2n[nH]c(=S)o2)c1=O. The maximum absolute atomic E-state index is 11.6. The van der Waals surface area contributed by atoms with E-state index in [0.29, 0.717) is 5.56 Å². The van der Waals surface area contributed by atoms with Gasteiger partial charge in [-0.05, 0) is 24.4 Å². The topological polar surface area (TPSA) is 63.8 Å². The van der Waals surface area contributed by atoms with Crippen LogP contribution in [0.5, 0.6) is 0 Å². The molecule has 0 saturated heterocycles. The van der Waals surface area contributed by atoms with Gasteiger partial charge in [-0.1, -0.05) is 0 Å². The number of aromatic amines is 1. The lowest BCUT2D eigenvalue weighted by molar-refractivity contribution is 0.550. The van der Waals surface area contributed by atoms with Crippen LogP contribution in [-0.4, -0.2) is 14.8 Å². The lowest BCUT2D eigenvalue weighted by Crippen LogP contribution is -2.17. The summed E-state index contributed by atoms with van der Waals surface area (Å²) in [5.41, 5.74) is 0.222. The Kier molecular flexibility index (Phi) is 2.05. The van der Waals surface area contributed by atoms with Crippen molar-refractivity contribution in [1.29, 1.82) is 0 Å². The van der Waals surface area contributed by atoms with Crippen LogP contribution >= 0.6 is 12.2 Å². The first-order chi connectivity index (χ1) is 6.68. The molecule has 0 fully saturated rings.